The lowest BCUT2D eigenvalue weighted by Crippen LogP contribution is -2.30. The van der Waals surface area contributed by atoms with E-state index in [9.17, 15) is 0 Å². The summed E-state index contributed by atoms with van der Waals surface area (Å²) in [6, 6.07) is 8.00. The molecule has 1 aliphatic heterocycles. The molecule has 1 aromatic carbocycles. The zero-order valence-corrected chi connectivity index (χ0v) is 9.11. The van der Waals surface area contributed by atoms with Gasteiger partial charge in [0.25, 0.3) is 0 Å². The highest BCUT2D eigenvalue weighted by Crippen LogP contribution is 2.11. The van der Waals surface area contributed by atoms with Gasteiger partial charge in [-0.3, -0.25) is 0 Å². The number of likely N-dealkylation sites (N-methyl/N-ethyl adjacent to an activating group) is 1. The molecular weight excluding hydrogens is 188 g/mol. The molecule has 3 heteroatoms. The van der Waals surface area contributed by atoms with Crippen LogP contribution in [0.1, 0.15) is 12.0 Å². The maximum absolute atomic E-state index is 9.14. The van der Waals surface area contributed by atoms with Gasteiger partial charge in [0.1, 0.15) is 5.75 Å². The molecule has 0 saturated carbocycles. The fourth-order valence-electron chi connectivity index (χ4n) is 1.98. The van der Waals surface area contributed by atoms with Crippen LogP contribution in [-0.2, 0) is 6.54 Å². The van der Waals surface area contributed by atoms with Gasteiger partial charge in [-0.15, -0.1) is 0 Å². The van der Waals surface area contributed by atoms with Crippen LogP contribution < -0.4 is 5.32 Å². The number of hydrogen-bond donors (Lipinski definition) is 2. The molecule has 3 nitrogen and oxygen atoms in total. The third-order valence-corrected chi connectivity index (χ3v) is 2.92. The molecule has 0 radical (unpaired) electrons. The molecule has 2 N–H and O–H groups in total. The Morgan fingerprint density at radius 1 is 1.40 bits per heavy atom. The summed E-state index contributed by atoms with van der Waals surface area (Å²) in [6.07, 6.45) is 1.23. The first-order valence-corrected chi connectivity index (χ1v) is 5.44. The van der Waals surface area contributed by atoms with Crippen LogP contribution in [0.5, 0.6) is 5.75 Å². The molecule has 1 fully saturated rings. The lowest BCUT2D eigenvalue weighted by molar-refractivity contribution is 0.397. The first-order valence-electron chi connectivity index (χ1n) is 5.44. The van der Waals surface area contributed by atoms with Crippen molar-refractivity contribution in [2.75, 3.05) is 20.1 Å². The third kappa shape index (κ3) is 2.94. The molecule has 1 aliphatic rings. The highest BCUT2D eigenvalue weighted by Gasteiger charge is 2.18. The standard InChI is InChI=1S/C12H18N2O/c1-14-7-6-11(9-14)13-8-10-2-4-12(15)5-3-10/h2-5,11,13,15H,6-9H2,1H3. The largest absolute Gasteiger partial charge is 0.508 e. The van der Waals surface area contributed by atoms with Crippen LogP contribution in [-0.4, -0.2) is 36.2 Å². The number of hydrogen-bond acceptors (Lipinski definition) is 3. The normalized spacial score (nSPS) is 22.1. The summed E-state index contributed by atoms with van der Waals surface area (Å²) in [5.41, 5.74) is 1.22. The van der Waals surface area contributed by atoms with Crippen molar-refractivity contribution in [1.29, 1.82) is 0 Å². The third-order valence-electron chi connectivity index (χ3n) is 2.92. The van der Waals surface area contributed by atoms with E-state index in [1.54, 1.807) is 12.1 Å². The highest BCUT2D eigenvalue weighted by atomic mass is 16.3. The summed E-state index contributed by atoms with van der Waals surface area (Å²) in [7, 11) is 2.15. The SMILES string of the molecule is CN1CCC(NCc2ccc(O)cc2)C1. The average molecular weight is 206 g/mol. The number of rotatable bonds is 3. The summed E-state index contributed by atoms with van der Waals surface area (Å²) in [4.78, 5) is 2.34. The first kappa shape index (κ1) is 10.5. The van der Waals surface area contributed by atoms with Crippen molar-refractivity contribution in [2.24, 2.45) is 0 Å². The van der Waals surface area contributed by atoms with Gasteiger partial charge in [0.2, 0.25) is 0 Å². The molecule has 0 aliphatic carbocycles. The minimum Gasteiger partial charge on any atom is -0.508 e. The van der Waals surface area contributed by atoms with Gasteiger partial charge in [-0.25, -0.2) is 0 Å². The van der Waals surface area contributed by atoms with Crippen molar-refractivity contribution in [2.45, 2.75) is 19.0 Å². The van der Waals surface area contributed by atoms with Crippen LogP contribution in [0, 0.1) is 0 Å². The molecule has 1 unspecified atom stereocenters. The fourth-order valence-corrected chi connectivity index (χ4v) is 1.98. The molecule has 0 aromatic heterocycles. The lowest BCUT2D eigenvalue weighted by atomic mass is 10.2. The highest BCUT2D eigenvalue weighted by molar-refractivity contribution is 5.25. The Balaban J connectivity index is 1.80. The van der Waals surface area contributed by atoms with Gasteiger partial charge in [0.15, 0.2) is 0 Å². The Morgan fingerprint density at radius 2 is 2.13 bits per heavy atom. The first-order chi connectivity index (χ1) is 7.24. The van der Waals surface area contributed by atoms with E-state index >= 15 is 0 Å². The second-order valence-corrected chi connectivity index (χ2v) is 4.30. The van der Waals surface area contributed by atoms with Crippen molar-refractivity contribution < 1.29 is 5.11 Å². The van der Waals surface area contributed by atoms with Crippen molar-refractivity contribution in [3.63, 3.8) is 0 Å². The molecule has 1 heterocycles. The summed E-state index contributed by atoms with van der Waals surface area (Å²) in [5.74, 6) is 0.333. The van der Waals surface area contributed by atoms with E-state index in [4.69, 9.17) is 5.11 Å². The zero-order valence-electron chi connectivity index (χ0n) is 9.11. The van der Waals surface area contributed by atoms with Crippen LogP contribution in [0.2, 0.25) is 0 Å². The molecule has 1 saturated heterocycles. The van der Waals surface area contributed by atoms with E-state index in [0.29, 0.717) is 11.8 Å². The second kappa shape index (κ2) is 4.64. The zero-order chi connectivity index (χ0) is 10.7. The van der Waals surface area contributed by atoms with Crippen LogP contribution in [0.3, 0.4) is 0 Å². The minimum absolute atomic E-state index is 0.333. The van der Waals surface area contributed by atoms with Gasteiger partial charge in [-0.2, -0.15) is 0 Å². The maximum atomic E-state index is 9.14. The number of phenolic OH excluding ortho intramolecular Hbond substituents is 1. The number of aromatic hydroxyl groups is 1. The molecule has 0 spiro atoms. The van der Waals surface area contributed by atoms with Crippen molar-refractivity contribution in [3.8, 4) is 5.75 Å². The van der Waals surface area contributed by atoms with E-state index in [1.165, 1.54) is 18.5 Å². The van der Waals surface area contributed by atoms with Crippen molar-refractivity contribution in [1.82, 2.24) is 10.2 Å². The number of nitrogens with one attached hydrogen (secondary N) is 1. The number of phenols is 1. The molecule has 0 amide bonds. The Labute approximate surface area is 90.7 Å². The quantitative estimate of drug-likeness (QED) is 0.779. The number of nitrogens with zero attached hydrogens (tertiary/aromatic N) is 1. The van der Waals surface area contributed by atoms with E-state index in [-0.39, 0.29) is 0 Å². The molecule has 82 valence electrons. The van der Waals surface area contributed by atoms with E-state index in [1.807, 2.05) is 12.1 Å². The van der Waals surface area contributed by atoms with E-state index in [2.05, 4.69) is 17.3 Å². The molecule has 1 aromatic rings. The number of likely N-dealkylation sites (tertiary alicyclic amines) is 1. The van der Waals surface area contributed by atoms with Gasteiger partial charge in [-0.1, -0.05) is 12.1 Å². The number of benzene rings is 1. The molecule has 2 rings (SSSR count). The van der Waals surface area contributed by atoms with Crippen LogP contribution >= 0.6 is 0 Å². The topological polar surface area (TPSA) is 35.5 Å². The average Bonchev–Trinajstić information content (AvgIpc) is 2.64. The summed E-state index contributed by atoms with van der Waals surface area (Å²) < 4.78 is 0. The van der Waals surface area contributed by atoms with Crippen LogP contribution in [0.4, 0.5) is 0 Å². The van der Waals surface area contributed by atoms with E-state index in [0.717, 1.165) is 13.1 Å². The Morgan fingerprint density at radius 3 is 2.73 bits per heavy atom. The molecular formula is C12H18N2O. The summed E-state index contributed by atoms with van der Waals surface area (Å²) in [6.45, 7) is 3.21. The van der Waals surface area contributed by atoms with Crippen molar-refractivity contribution in [3.05, 3.63) is 29.8 Å². The lowest BCUT2D eigenvalue weighted by Gasteiger charge is -2.12. The van der Waals surface area contributed by atoms with Crippen LogP contribution in [0.25, 0.3) is 0 Å². The minimum atomic E-state index is 0.333. The molecule has 0 bridgehead atoms. The predicted molar refractivity (Wildman–Crippen MR) is 60.8 cm³/mol. The summed E-state index contributed by atoms with van der Waals surface area (Å²) >= 11 is 0. The van der Waals surface area contributed by atoms with Crippen molar-refractivity contribution >= 4 is 0 Å². The monoisotopic (exact) mass is 206 g/mol. The van der Waals surface area contributed by atoms with Gasteiger partial charge in [0.05, 0.1) is 0 Å². The molecule has 1 atom stereocenters. The summed E-state index contributed by atoms with van der Waals surface area (Å²) in [5, 5.41) is 12.7. The Kier molecular flexibility index (Phi) is 3.23. The van der Waals surface area contributed by atoms with E-state index < -0.39 is 0 Å². The fraction of sp³-hybridized carbons (Fsp3) is 0.500. The predicted octanol–water partition coefficient (Wildman–Crippen LogP) is 1.19. The maximum Gasteiger partial charge on any atom is 0.115 e. The van der Waals surface area contributed by atoms with Crippen LogP contribution in [0.15, 0.2) is 24.3 Å². The van der Waals surface area contributed by atoms with Gasteiger partial charge < -0.3 is 15.3 Å². The van der Waals surface area contributed by atoms with Gasteiger partial charge >= 0.3 is 0 Å². The van der Waals surface area contributed by atoms with Gasteiger partial charge in [0, 0.05) is 19.1 Å². The molecule has 15 heavy (non-hydrogen) atoms. The van der Waals surface area contributed by atoms with Gasteiger partial charge in [-0.05, 0) is 37.7 Å². The smallest absolute Gasteiger partial charge is 0.115 e. The Bertz CT molecular complexity index is 310. The Hall–Kier alpha value is -1.06. The second-order valence-electron chi connectivity index (χ2n) is 4.30.